The number of amides is 2. The first kappa shape index (κ1) is 13.5. The summed E-state index contributed by atoms with van der Waals surface area (Å²) < 4.78 is 3.94. The Morgan fingerprint density at radius 1 is 1.60 bits per heavy atom. The highest BCUT2D eigenvalue weighted by Gasteiger charge is 2.50. The van der Waals surface area contributed by atoms with Crippen molar-refractivity contribution in [1.29, 1.82) is 0 Å². The fourth-order valence-electron chi connectivity index (χ4n) is 3.11. The van der Waals surface area contributed by atoms with E-state index in [2.05, 4.69) is 9.69 Å². The predicted molar refractivity (Wildman–Crippen MR) is 73.3 cm³/mol. The molecule has 2 aliphatic heterocycles. The van der Waals surface area contributed by atoms with Crippen LogP contribution in [0.15, 0.2) is 11.6 Å². The van der Waals surface area contributed by atoms with E-state index in [0.29, 0.717) is 31.5 Å². The largest absolute Gasteiger partial charge is 0.392 e. The molecule has 3 heterocycles. The van der Waals surface area contributed by atoms with Gasteiger partial charge in [0.2, 0.25) is 5.91 Å². The van der Waals surface area contributed by atoms with Gasteiger partial charge in [-0.1, -0.05) is 0 Å². The van der Waals surface area contributed by atoms with E-state index >= 15 is 0 Å². The van der Waals surface area contributed by atoms with E-state index in [4.69, 9.17) is 0 Å². The van der Waals surface area contributed by atoms with Crippen LogP contribution in [0.2, 0.25) is 0 Å². The predicted octanol–water partition coefficient (Wildman–Crippen LogP) is 0.246. The second-order valence-electron chi connectivity index (χ2n) is 5.46. The number of hydrogen-bond donors (Lipinski definition) is 2. The van der Waals surface area contributed by atoms with Gasteiger partial charge in [0, 0.05) is 25.0 Å². The molecular formula is C13H17N3O3S. The lowest BCUT2D eigenvalue weighted by Gasteiger charge is -2.46. The first-order chi connectivity index (χ1) is 9.63. The molecule has 0 saturated carbocycles. The van der Waals surface area contributed by atoms with Crippen LogP contribution < -0.4 is 5.32 Å². The standard InChI is InChI=1S/C13H17N3O3S/c17-10-2-5-16(11(18)9-6-15-20-7-9)8-13(10)3-1-4-14-12(13)19/h6-7,10,17H,1-5,8H2,(H,14,19)/t10-,13+/m0/s1. The van der Waals surface area contributed by atoms with E-state index in [9.17, 15) is 14.7 Å². The number of carbonyl (C=O) groups is 2. The summed E-state index contributed by atoms with van der Waals surface area (Å²) >= 11 is 1.23. The van der Waals surface area contributed by atoms with Gasteiger partial charge in [-0.25, -0.2) is 4.37 Å². The molecule has 2 fully saturated rings. The summed E-state index contributed by atoms with van der Waals surface area (Å²) in [4.78, 5) is 26.3. The number of nitrogens with zero attached hydrogens (tertiary/aromatic N) is 2. The van der Waals surface area contributed by atoms with Crippen molar-refractivity contribution in [2.75, 3.05) is 19.6 Å². The van der Waals surface area contributed by atoms with Crippen LogP contribution >= 0.6 is 11.5 Å². The molecule has 108 valence electrons. The summed E-state index contributed by atoms with van der Waals surface area (Å²) in [5.41, 5.74) is -0.284. The van der Waals surface area contributed by atoms with E-state index in [1.807, 2.05) is 0 Å². The maximum Gasteiger partial charge on any atom is 0.256 e. The Balaban J connectivity index is 1.82. The first-order valence-electron chi connectivity index (χ1n) is 6.78. The molecule has 1 aromatic heterocycles. The van der Waals surface area contributed by atoms with E-state index in [1.54, 1.807) is 16.5 Å². The molecular weight excluding hydrogens is 278 g/mol. The molecule has 2 saturated heterocycles. The number of carbonyl (C=O) groups excluding carboxylic acids is 2. The van der Waals surface area contributed by atoms with Gasteiger partial charge < -0.3 is 15.3 Å². The highest BCUT2D eigenvalue weighted by Crippen LogP contribution is 2.37. The Morgan fingerprint density at radius 3 is 3.15 bits per heavy atom. The van der Waals surface area contributed by atoms with Gasteiger partial charge in [0.25, 0.3) is 5.91 Å². The monoisotopic (exact) mass is 295 g/mol. The van der Waals surface area contributed by atoms with Crippen LogP contribution in [0, 0.1) is 5.41 Å². The third-order valence-corrected chi connectivity index (χ3v) is 4.87. The number of likely N-dealkylation sites (tertiary alicyclic amines) is 1. The summed E-state index contributed by atoms with van der Waals surface area (Å²) in [6.07, 6.45) is 2.78. The molecule has 2 N–H and O–H groups in total. The number of aromatic nitrogens is 1. The third kappa shape index (κ3) is 2.10. The van der Waals surface area contributed by atoms with E-state index in [0.717, 1.165) is 6.42 Å². The van der Waals surface area contributed by atoms with Crippen molar-refractivity contribution in [1.82, 2.24) is 14.6 Å². The number of rotatable bonds is 1. The van der Waals surface area contributed by atoms with Crippen LogP contribution in [0.25, 0.3) is 0 Å². The second kappa shape index (κ2) is 5.14. The van der Waals surface area contributed by atoms with Crippen LogP contribution in [0.3, 0.4) is 0 Å². The van der Waals surface area contributed by atoms with Crippen molar-refractivity contribution in [3.63, 3.8) is 0 Å². The Bertz CT molecular complexity index is 519. The minimum Gasteiger partial charge on any atom is -0.392 e. The van der Waals surface area contributed by atoms with Gasteiger partial charge >= 0.3 is 0 Å². The van der Waals surface area contributed by atoms with Crippen LogP contribution in [-0.2, 0) is 4.79 Å². The summed E-state index contributed by atoms with van der Waals surface area (Å²) in [7, 11) is 0. The number of aliphatic hydroxyl groups is 1. The number of hydrogen-bond acceptors (Lipinski definition) is 5. The van der Waals surface area contributed by atoms with Crippen LogP contribution in [-0.4, -0.2) is 51.9 Å². The highest BCUT2D eigenvalue weighted by atomic mass is 32.1. The molecule has 3 rings (SSSR count). The average Bonchev–Trinajstić information content (AvgIpc) is 2.98. The molecule has 0 radical (unpaired) electrons. The molecule has 0 unspecified atom stereocenters. The van der Waals surface area contributed by atoms with E-state index in [-0.39, 0.29) is 18.4 Å². The van der Waals surface area contributed by atoms with Crippen LogP contribution in [0.5, 0.6) is 0 Å². The lowest BCUT2D eigenvalue weighted by Crippen LogP contribution is -2.62. The molecule has 0 aromatic carbocycles. The van der Waals surface area contributed by atoms with Crippen molar-refractivity contribution in [2.24, 2.45) is 5.41 Å². The normalized spacial score (nSPS) is 30.4. The molecule has 2 aliphatic rings. The molecule has 7 heteroatoms. The van der Waals surface area contributed by atoms with Crippen molar-refractivity contribution in [3.8, 4) is 0 Å². The second-order valence-corrected chi connectivity index (χ2v) is 6.12. The molecule has 2 atom stereocenters. The fourth-order valence-corrected chi connectivity index (χ4v) is 3.62. The number of piperidine rings is 2. The molecule has 0 aliphatic carbocycles. The Kier molecular flexibility index (Phi) is 3.47. The Morgan fingerprint density at radius 2 is 2.45 bits per heavy atom. The third-order valence-electron chi connectivity index (χ3n) is 4.29. The summed E-state index contributed by atoms with van der Waals surface area (Å²) in [6.45, 7) is 1.41. The van der Waals surface area contributed by atoms with Crippen molar-refractivity contribution in [2.45, 2.75) is 25.4 Å². The van der Waals surface area contributed by atoms with Gasteiger partial charge in [0.05, 0.1) is 23.3 Å². The van der Waals surface area contributed by atoms with Gasteiger partial charge in [-0.3, -0.25) is 9.59 Å². The van der Waals surface area contributed by atoms with Crippen LogP contribution in [0.1, 0.15) is 29.6 Å². The zero-order chi connectivity index (χ0) is 14.2. The number of nitrogens with one attached hydrogen (secondary N) is 1. The quantitative estimate of drug-likeness (QED) is 0.778. The molecule has 20 heavy (non-hydrogen) atoms. The van der Waals surface area contributed by atoms with Crippen molar-refractivity contribution in [3.05, 3.63) is 17.1 Å². The van der Waals surface area contributed by atoms with Gasteiger partial charge in [0.15, 0.2) is 0 Å². The maximum absolute atomic E-state index is 12.4. The Hall–Kier alpha value is -1.47. The Labute approximate surface area is 120 Å². The maximum atomic E-state index is 12.4. The fraction of sp³-hybridized carbons (Fsp3) is 0.615. The smallest absolute Gasteiger partial charge is 0.256 e. The highest BCUT2D eigenvalue weighted by molar-refractivity contribution is 7.03. The molecule has 6 nitrogen and oxygen atoms in total. The van der Waals surface area contributed by atoms with E-state index < -0.39 is 11.5 Å². The zero-order valence-electron chi connectivity index (χ0n) is 11.0. The SMILES string of the molecule is O=C(c1cnsc1)N1CC[C@H](O)[C@@]2(CCCNC2=O)C1. The molecule has 1 spiro atoms. The summed E-state index contributed by atoms with van der Waals surface area (Å²) in [5.74, 6) is -0.236. The molecule has 1 aromatic rings. The lowest BCUT2D eigenvalue weighted by molar-refractivity contribution is -0.147. The van der Waals surface area contributed by atoms with Gasteiger partial charge in [-0.15, -0.1) is 0 Å². The summed E-state index contributed by atoms with van der Waals surface area (Å²) in [5, 5.41) is 14.8. The van der Waals surface area contributed by atoms with Gasteiger partial charge in [0.1, 0.15) is 0 Å². The van der Waals surface area contributed by atoms with Crippen molar-refractivity contribution < 1.29 is 14.7 Å². The van der Waals surface area contributed by atoms with Crippen LogP contribution in [0.4, 0.5) is 0 Å². The average molecular weight is 295 g/mol. The van der Waals surface area contributed by atoms with Crippen molar-refractivity contribution >= 4 is 23.3 Å². The minimum atomic E-state index is -0.838. The lowest BCUT2D eigenvalue weighted by atomic mass is 9.71. The van der Waals surface area contributed by atoms with Gasteiger partial charge in [-0.2, -0.15) is 0 Å². The molecule has 0 bridgehead atoms. The topological polar surface area (TPSA) is 82.5 Å². The van der Waals surface area contributed by atoms with E-state index in [1.165, 1.54) is 11.5 Å². The number of aliphatic hydroxyl groups excluding tert-OH is 1. The molecule has 2 amide bonds. The first-order valence-corrected chi connectivity index (χ1v) is 7.62. The van der Waals surface area contributed by atoms with Gasteiger partial charge in [-0.05, 0) is 30.8 Å². The minimum absolute atomic E-state index is 0.108. The summed E-state index contributed by atoms with van der Waals surface area (Å²) in [6, 6.07) is 0. The zero-order valence-corrected chi connectivity index (χ0v) is 11.9.